The van der Waals surface area contributed by atoms with Crippen LogP contribution in [0.3, 0.4) is 0 Å². The summed E-state index contributed by atoms with van der Waals surface area (Å²) in [5.74, 6) is -4.65. The molecule has 1 saturated heterocycles. The quantitative estimate of drug-likeness (QED) is 0.664. The number of rotatable bonds is 2. The Morgan fingerprint density at radius 1 is 1.35 bits per heavy atom. The fourth-order valence-electron chi connectivity index (χ4n) is 2.56. The molecule has 4 nitrogen and oxygen atoms in total. The summed E-state index contributed by atoms with van der Waals surface area (Å²) in [7, 11) is 1.19. The van der Waals surface area contributed by atoms with Gasteiger partial charge in [0.05, 0.1) is 7.11 Å². The van der Waals surface area contributed by atoms with Gasteiger partial charge in [-0.15, -0.1) is 0 Å². The van der Waals surface area contributed by atoms with Crippen molar-refractivity contribution < 1.29 is 23.1 Å². The second-order valence-corrected chi connectivity index (χ2v) is 4.93. The Hall–Kier alpha value is -1.98. The highest BCUT2D eigenvalue weighted by atomic mass is 19.2. The fraction of sp³-hybridized carbons (Fsp3) is 0.429. The lowest BCUT2D eigenvalue weighted by molar-refractivity contribution is -0.152. The second-order valence-electron chi connectivity index (χ2n) is 4.93. The van der Waals surface area contributed by atoms with Gasteiger partial charge in [-0.3, -0.25) is 9.59 Å². The van der Waals surface area contributed by atoms with Crippen LogP contribution in [0.15, 0.2) is 18.2 Å². The highest BCUT2D eigenvalue weighted by molar-refractivity contribution is 5.99. The number of carbonyl (C=O) groups is 2. The SMILES string of the molecule is COC(=O)[C@H]1C(=O)N[C@@H](C)C[C@@H]1c1ccc(F)c(F)c1. The largest absolute Gasteiger partial charge is 0.468 e. The lowest BCUT2D eigenvalue weighted by atomic mass is 9.78. The molecule has 0 unspecified atom stereocenters. The molecule has 20 heavy (non-hydrogen) atoms. The van der Waals surface area contributed by atoms with E-state index in [0.717, 1.165) is 12.1 Å². The third-order valence-corrected chi connectivity index (χ3v) is 3.51. The van der Waals surface area contributed by atoms with Crippen molar-refractivity contribution in [1.29, 1.82) is 0 Å². The van der Waals surface area contributed by atoms with Gasteiger partial charge in [0.2, 0.25) is 5.91 Å². The number of piperidine rings is 1. The molecule has 3 atom stereocenters. The van der Waals surface area contributed by atoms with E-state index in [0.29, 0.717) is 12.0 Å². The molecular weight excluding hydrogens is 268 g/mol. The normalized spacial score (nSPS) is 26.0. The molecule has 0 bridgehead atoms. The molecule has 6 heteroatoms. The number of amides is 1. The molecule has 0 radical (unpaired) electrons. The number of methoxy groups -OCH3 is 1. The minimum atomic E-state index is -1.04. The predicted molar refractivity (Wildman–Crippen MR) is 66.8 cm³/mol. The number of halogens is 2. The van der Waals surface area contributed by atoms with E-state index in [1.807, 2.05) is 0 Å². The van der Waals surface area contributed by atoms with E-state index in [1.54, 1.807) is 6.92 Å². The minimum Gasteiger partial charge on any atom is -0.468 e. The van der Waals surface area contributed by atoms with Crippen LogP contribution in [0.4, 0.5) is 8.78 Å². The molecule has 1 aromatic rings. The Labute approximate surface area is 115 Å². The van der Waals surface area contributed by atoms with Crippen molar-refractivity contribution in [3.05, 3.63) is 35.4 Å². The second kappa shape index (κ2) is 5.56. The molecule has 0 saturated carbocycles. The Morgan fingerprint density at radius 3 is 2.65 bits per heavy atom. The van der Waals surface area contributed by atoms with Crippen molar-refractivity contribution >= 4 is 11.9 Å². The molecule has 0 aromatic heterocycles. The maximum Gasteiger partial charge on any atom is 0.318 e. The standard InChI is InChI=1S/C14H15F2NO3/c1-7-5-9(8-3-4-10(15)11(16)6-8)12(13(18)17-7)14(19)20-2/h3-4,6-7,9,12H,5H2,1-2H3,(H,17,18)/t7-,9+,12+/m0/s1. The molecule has 108 valence electrons. The van der Waals surface area contributed by atoms with E-state index < -0.39 is 35.3 Å². The van der Waals surface area contributed by atoms with Gasteiger partial charge in [-0.05, 0) is 31.0 Å². The minimum absolute atomic E-state index is 0.151. The van der Waals surface area contributed by atoms with Crippen LogP contribution >= 0.6 is 0 Å². The predicted octanol–water partition coefficient (Wildman–Crippen LogP) is 1.75. The van der Waals surface area contributed by atoms with Gasteiger partial charge in [-0.1, -0.05) is 6.07 Å². The zero-order valence-electron chi connectivity index (χ0n) is 11.2. The van der Waals surface area contributed by atoms with Crippen molar-refractivity contribution in [3.63, 3.8) is 0 Å². The van der Waals surface area contributed by atoms with Crippen LogP contribution in [0.2, 0.25) is 0 Å². The number of benzene rings is 1. The summed E-state index contributed by atoms with van der Waals surface area (Å²) < 4.78 is 31.0. The number of ether oxygens (including phenoxy) is 1. The van der Waals surface area contributed by atoms with Crippen LogP contribution in [0, 0.1) is 17.6 Å². The molecule has 1 aliphatic heterocycles. The zero-order valence-corrected chi connectivity index (χ0v) is 11.2. The summed E-state index contributed by atoms with van der Waals surface area (Å²) in [4.78, 5) is 23.7. The van der Waals surface area contributed by atoms with Crippen LogP contribution in [0.5, 0.6) is 0 Å². The van der Waals surface area contributed by atoms with E-state index in [4.69, 9.17) is 0 Å². The third kappa shape index (κ3) is 2.64. The van der Waals surface area contributed by atoms with E-state index >= 15 is 0 Å². The number of carbonyl (C=O) groups excluding carboxylic acids is 2. The monoisotopic (exact) mass is 283 g/mol. The van der Waals surface area contributed by atoms with Gasteiger partial charge in [0.25, 0.3) is 0 Å². The van der Waals surface area contributed by atoms with Crippen molar-refractivity contribution in [2.45, 2.75) is 25.3 Å². The molecule has 1 amide bonds. The maximum absolute atomic E-state index is 13.3. The molecule has 1 aromatic carbocycles. The molecule has 2 rings (SSSR count). The summed E-state index contributed by atoms with van der Waals surface area (Å²) in [5.41, 5.74) is 0.418. The average molecular weight is 283 g/mol. The van der Waals surface area contributed by atoms with Gasteiger partial charge in [-0.25, -0.2) is 8.78 Å². The average Bonchev–Trinajstić information content (AvgIpc) is 2.40. The van der Waals surface area contributed by atoms with Crippen molar-refractivity contribution in [2.75, 3.05) is 7.11 Å². The van der Waals surface area contributed by atoms with Crippen LogP contribution in [0.25, 0.3) is 0 Å². The summed E-state index contributed by atoms with van der Waals surface area (Å²) in [6.07, 6.45) is 0.455. The maximum atomic E-state index is 13.3. The van der Waals surface area contributed by atoms with Crippen LogP contribution < -0.4 is 5.32 Å². The summed E-state index contributed by atoms with van der Waals surface area (Å²) in [6.45, 7) is 1.79. The van der Waals surface area contributed by atoms with Gasteiger partial charge in [-0.2, -0.15) is 0 Å². The molecular formula is C14H15F2NO3. The lowest BCUT2D eigenvalue weighted by Gasteiger charge is -2.33. The molecule has 1 heterocycles. The summed E-state index contributed by atoms with van der Waals surface area (Å²) >= 11 is 0. The first-order chi connectivity index (χ1) is 9.43. The Balaban J connectivity index is 2.40. The molecule has 1 aliphatic rings. The fourth-order valence-corrected chi connectivity index (χ4v) is 2.56. The topological polar surface area (TPSA) is 55.4 Å². The van der Waals surface area contributed by atoms with E-state index in [1.165, 1.54) is 13.2 Å². The highest BCUT2D eigenvalue weighted by Gasteiger charge is 2.41. The molecule has 0 spiro atoms. The van der Waals surface area contributed by atoms with Crippen molar-refractivity contribution in [2.24, 2.45) is 5.92 Å². The molecule has 1 N–H and O–H groups in total. The molecule has 0 aliphatic carbocycles. The summed E-state index contributed by atoms with van der Waals surface area (Å²) in [5, 5.41) is 2.66. The first kappa shape index (κ1) is 14.4. The van der Waals surface area contributed by atoms with Crippen molar-refractivity contribution in [1.82, 2.24) is 5.32 Å². The number of hydrogen-bond donors (Lipinski definition) is 1. The van der Waals surface area contributed by atoms with Crippen molar-refractivity contribution in [3.8, 4) is 0 Å². The van der Waals surface area contributed by atoms with Gasteiger partial charge in [0.15, 0.2) is 11.6 Å². The molecule has 1 fully saturated rings. The van der Waals surface area contributed by atoms with Crippen LogP contribution in [0.1, 0.15) is 24.8 Å². The van der Waals surface area contributed by atoms with Crippen LogP contribution in [-0.4, -0.2) is 25.0 Å². The van der Waals surface area contributed by atoms with Crippen LogP contribution in [-0.2, 0) is 14.3 Å². The number of esters is 1. The van der Waals surface area contributed by atoms with Gasteiger partial charge in [0.1, 0.15) is 5.92 Å². The highest BCUT2D eigenvalue weighted by Crippen LogP contribution is 2.34. The Kier molecular flexibility index (Phi) is 4.01. The smallest absolute Gasteiger partial charge is 0.318 e. The lowest BCUT2D eigenvalue weighted by Crippen LogP contribution is -2.49. The van der Waals surface area contributed by atoms with E-state index in [9.17, 15) is 18.4 Å². The van der Waals surface area contributed by atoms with E-state index in [-0.39, 0.29) is 6.04 Å². The van der Waals surface area contributed by atoms with E-state index in [2.05, 4.69) is 10.1 Å². The third-order valence-electron chi connectivity index (χ3n) is 3.51. The van der Waals surface area contributed by atoms with Gasteiger partial charge >= 0.3 is 5.97 Å². The Bertz CT molecular complexity index is 547. The number of nitrogens with one attached hydrogen (secondary N) is 1. The first-order valence-electron chi connectivity index (χ1n) is 6.27. The summed E-state index contributed by atoms with van der Waals surface area (Å²) in [6, 6.07) is 3.27. The first-order valence-corrected chi connectivity index (χ1v) is 6.27. The van der Waals surface area contributed by atoms with Gasteiger partial charge in [0, 0.05) is 12.0 Å². The zero-order chi connectivity index (χ0) is 14.9. The Morgan fingerprint density at radius 2 is 2.05 bits per heavy atom. The number of hydrogen-bond acceptors (Lipinski definition) is 3. The van der Waals surface area contributed by atoms with Gasteiger partial charge < -0.3 is 10.1 Å².